The van der Waals surface area contributed by atoms with Gasteiger partial charge in [0.1, 0.15) is 0 Å². The van der Waals surface area contributed by atoms with Crippen molar-refractivity contribution >= 4 is 29.1 Å². The van der Waals surface area contributed by atoms with Crippen molar-refractivity contribution in [1.29, 1.82) is 0 Å². The Hall–Kier alpha value is -2.63. The summed E-state index contributed by atoms with van der Waals surface area (Å²) in [5.74, 6) is -0.946. The second-order valence-electron chi connectivity index (χ2n) is 7.71. The minimum absolute atomic E-state index is 0.110. The van der Waals surface area contributed by atoms with Gasteiger partial charge in [-0.15, -0.1) is 0 Å². The van der Waals surface area contributed by atoms with E-state index in [0.717, 1.165) is 12.2 Å². The molecule has 0 spiro atoms. The highest BCUT2D eigenvalue weighted by Gasteiger charge is 2.46. The second kappa shape index (κ2) is 8.59. The first-order valence-electron chi connectivity index (χ1n) is 10.1. The number of hydrogen-bond acceptors (Lipinski definition) is 4. The molecule has 0 aromatic heterocycles. The first kappa shape index (κ1) is 20.1. The fraction of sp³-hybridized carbons (Fsp3) is 0.500. The Balaban J connectivity index is 1.53. The summed E-state index contributed by atoms with van der Waals surface area (Å²) in [4.78, 5) is 40.7. The van der Waals surface area contributed by atoms with Crippen molar-refractivity contribution in [2.24, 2.45) is 11.8 Å². The van der Waals surface area contributed by atoms with E-state index in [2.05, 4.69) is 31.0 Å². The summed E-state index contributed by atoms with van der Waals surface area (Å²) in [5.41, 5.74) is 1.82. The van der Waals surface area contributed by atoms with Crippen LogP contribution in [0.5, 0.6) is 0 Å². The SMILES string of the molecule is CCN(c1ccc(NC(=O)CCN2C(=O)[C@H]3CC=CC[C@@H]3C2=O)cc1)C(C)C. The van der Waals surface area contributed by atoms with Crippen LogP contribution in [0.2, 0.25) is 0 Å². The lowest BCUT2D eigenvalue weighted by Crippen LogP contribution is -2.34. The Bertz CT molecular complexity index is 744. The molecule has 3 amide bonds. The van der Waals surface area contributed by atoms with Crippen LogP contribution in [0.4, 0.5) is 11.4 Å². The number of likely N-dealkylation sites (tertiary alicyclic amines) is 1. The summed E-state index contributed by atoms with van der Waals surface area (Å²) in [6, 6.07) is 8.14. The molecule has 1 saturated heterocycles. The average molecular weight is 383 g/mol. The van der Waals surface area contributed by atoms with Gasteiger partial charge in [-0.1, -0.05) is 12.2 Å². The van der Waals surface area contributed by atoms with Crippen LogP contribution in [0.3, 0.4) is 0 Å². The summed E-state index contributed by atoms with van der Waals surface area (Å²) >= 11 is 0. The van der Waals surface area contributed by atoms with E-state index < -0.39 is 0 Å². The van der Waals surface area contributed by atoms with Gasteiger partial charge in [0.2, 0.25) is 17.7 Å². The molecule has 0 unspecified atom stereocenters. The third kappa shape index (κ3) is 4.11. The fourth-order valence-corrected chi connectivity index (χ4v) is 4.11. The van der Waals surface area contributed by atoms with Crippen molar-refractivity contribution in [3.05, 3.63) is 36.4 Å². The van der Waals surface area contributed by atoms with Gasteiger partial charge in [0.25, 0.3) is 0 Å². The Morgan fingerprint density at radius 3 is 2.18 bits per heavy atom. The van der Waals surface area contributed by atoms with Crippen LogP contribution >= 0.6 is 0 Å². The number of fused-ring (bicyclic) bond motifs is 1. The van der Waals surface area contributed by atoms with Gasteiger partial charge < -0.3 is 10.2 Å². The number of carbonyl (C=O) groups excluding carboxylic acids is 3. The van der Waals surface area contributed by atoms with Gasteiger partial charge in [-0.25, -0.2) is 0 Å². The quantitative estimate of drug-likeness (QED) is 0.580. The van der Waals surface area contributed by atoms with Gasteiger partial charge in [0, 0.05) is 36.9 Å². The molecule has 2 aliphatic rings. The number of imide groups is 1. The summed E-state index contributed by atoms with van der Waals surface area (Å²) in [5, 5.41) is 2.85. The molecule has 1 aliphatic carbocycles. The van der Waals surface area contributed by atoms with Crippen LogP contribution in [-0.2, 0) is 14.4 Å². The summed E-state index contributed by atoms with van der Waals surface area (Å²) in [6.07, 6.45) is 5.28. The molecule has 150 valence electrons. The largest absolute Gasteiger partial charge is 0.369 e. The number of anilines is 2. The van der Waals surface area contributed by atoms with Crippen molar-refractivity contribution in [1.82, 2.24) is 4.90 Å². The van der Waals surface area contributed by atoms with E-state index in [0.29, 0.717) is 24.6 Å². The lowest BCUT2D eigenvalue weighted by molar-refractivity contribution is -0.140. The third-order valence-corrected chi connectivity index (χ3v) is 5.61. The molecule has 1 aromatic rings. The minimum atomic E-state index is -0.240. The maximum atomic E-state index is 12.4. The van der Waals surface area contributed by atoms with Crippen LogP contribution in [0.15, 0.2) is 36.4 Å². The number of amides is 3. The zero-order valence-electron chi connectivity index (χ0n) is 16.9. The number of carbonyl (C=O) groups is 3. The predicted octanol–water partition coefficient (Wildman–Crippen LogP) is 3.20. The second-order valence-corrected chi connectivity index (χ2v) is 7.71. The first-order valence-corrected chi connectivity index (χ1v) is 10.1. The standard InChI is InChI=1S/C22H29N3O3/c1-4-24(15(2)3)17-11-9-16(10-12-17)23-20(26)13-14-25-21(27)18-7-5-6-8-19(18)22(25)28/h5-6,9-12,15,18-19H,4,7-8,13-14H2,1-3H3,(H,23,26)/t18-,19-/m0/s1. The zero-order chi connectivity index (χ0) is 20.3. The van der Waals surface area contributed by atoms with E-state index in [1.165, 1.54) is 4.90 Å². The number of nitrogens with zero attached hydrogens (tertiary/aromatic N) is 2. The first-order chi connectivity index (χ1) is 13.4. The Morgan fingerprint density at radius 2 is 1.68 bits per heavy atom. The Morgan fingerprint density at radius 1 is 1.11 bits per heavy atom. The van der Waals surface area contributed by atoms with E-state index in [9.17, 15) is 14.4 Å². The normalized spacial score (nSPS) is 21.2. The molecule has 0 saturated carbocycles. The van der Waals surface area contributed by atoms with Crippen molar-refractivity contribution in [3.63, 3.8) is 0 Å². The number of allylic oxidation sites excluding steroid dienone is 2. The number of benzene rings is 1. The van der Waals surface area contributed by atoms with E-state index in [1.54, 1.807) is 0 Å². The van der Waals surface area contributed by atoms with Crippen LogP contribution in [0, 0.1) is 11.8 Å². The van der Waals surface area contributed by atoms with E-state index in [-0.39, 0.29) is 42.5 Å². The molecule has 6 nitrogen and oxygen atoms in total. The molecule has 6 heteroatoms. The van der Waals surface area contributed by atoms with Gasteiger partial charge in [0.05, 0.1) is 11.8 Å². The van der Waals surface area contributed by atoms with Crippen molar-refractivity contribution in [3.8, 4) is 0 Å². The molecule has 0 bridgehead atoms. The summed E-state index contributed by atoms with van der Waals surface area (Å²) in [6.45, 7) is 7.46. The van der Waals surface area contributed by atoms with E-state index >= 15 is 0 Å². The van der Waals surface area contributed by atoms with Gasteiger partial charge in [-0.3, -0.25) is 19.3 Å². The molecule has 0 radical (unpaired) electrons. The molecule has 1 aromatic carbocycles. The average Bonchev–Trinajstić information content (AvgIpc) is 2.92. The minimum Gasteiger partial charge on any atom is -0.369 e. The lowest BCUT2D eigenvalue weighted by Gasteiger charge is -2.27. The number of rotatable bonds is 7. The van der Waals surface area contributed by atoms with Gasteiger partial charge >= 0.3 is 0 Å². The predicted molar refractivity (Wildman–Crippen MR) is 110 cm³/mol. The Kier molecular flexibility index (Phi) is 6.17. The molecule has 1 fully saturated rings. The maximum Gasteiger partial charge on any atom is 0.233 e. The highest BCUT2D eigenvalue weighted by atomic mass is 16.2. The van der Waals surface area contributed by atoms with Gasteiger partial charge in [-0.2, -0.15) is 0 Å². The molecular weight excluding hydrogens is 354 g/mol. The number of hydrogen-bond donors (Lipinski definition) is 1. The van der Waals surface area contributed by atoms with Crippen LogP contribution < -0.4 is 10.2 Å². The lowest BCUT2D eigenvalue weighted by atomic mass is 9.85. The highest BCUT2D eigenvalue weighted by molar-refractivity contribution is 6.05. The molecule has 2 atom stereocenters. The van der Waals surface area contributed by atoms with Gasteiger partial charge in [-0.05, 0) is 57.9 Å². The molecule has 1 N–H and O–H groups in total. The molecule has 3 rings (SSSR count). The van der Waals surface area contributed by atoms with Gasteiger partial charge in [0.15, 0.2) is 0 Å². The fourth-order valence-electron chi connectivity index (χ4n) is 4.11. The van der Waals surface area contributed by atoms with Crippen molar-refractivity contribution in [2.75, 3.05) is 23.3 Å². The van der Waals surface area contributed by atoms with E-state index in [1.807, 2.05) is 36.4 Å². The van der Waals surface area contributed by atoms with Crippen molar-refractivity contribution in [2.45, 2.75) is 46.1 Å². The molecular formula is C22H29N3O3. The number of nitrogens with one attached hydrogen (secondary N) is 1. The van der Waals surface area contributed by atoms with E-state index in [4.69, 9.17) is 0 Å². The summed E-state index contributed by atoms with van der Waals surface area (Å²) in [7, 11) is 0. The van der Waals surface area contributed by atoms with Crippen molar-refractivity contribution < 1.29 is 14.4 Å². The zero-order valence-corrected chi connectivity index (χ0v) is 16.9. The highest BCUT2D eigenvalue weighted by Crippen LogP contribution is 2.35. The summed E-state index contributed by atoms with van der Waals surface area (Å²) < 4.78 is 0. The van der Waals surface area contributed by atoms with Crippen LogP contribution in [0.25, 0.3) is 0 Å². The van der Waals surface area contributed by atoms with Crippen LogP contribution in [0.1, 0.15) is 40.0 Å². The maximum absolute atomic E-state index is 12.4. The smallest absolute Gasteiger partial charge is 0.233 e. The molecule has 28 heavy (non-hydrogen) atoms. The Labute approximate surface area is 166 Å². The monoisotopic (exact) mass is 383 g/mol. The molecule has 1 heterocycles. The molecule has 1 aliphatic heterocycles. The van der Waals surface area contributed by atoms with Crippen LogP contribution in [-0.4, -0.2) is 41.8 Å². The topological polar surface area (TPSA) is 69.7 Å². The third-order valence-electron chi connectivity index (χ3n) is 5.61.